The average Bonchev–Trinajstić information content (AvgIpc) is 3.35. The third-order valence-corrected chi connectivity index (χ3v) is 6.56. The standard InChI is InChI=1S/C27H35FN4O2/c1-20(2)17-26(33)29-22-9-10-25(23(18-22)27(34)32-11-5-6-12-32)31-15-13-30(14-16-31)19-21-7-3-4-8-24(21)28/h3-4,7-10,18,20H,5-6,11-17,19H2,1-2H3,(H,29,33). The molecular weight excluding hydrogens is 431 g/mol. The molecule has 6 nitrogen and oxygen atoms in total. The summed E-state index contributed by atoms with van der Waals surface area (Å²) in [5.74, 6) is 0.0921. The molecule has 2 aromatic carbocycles. The van der Waals surface area contributed by atoms with Crippen molar-refractivity contribution in [3.8, 4) is 0 Å². The van der Waals surface area contributed by atoms with Gasteiger partial charge in [-0.3, -0.25) is 14.5 Å². The second-order valence-corrected chi connectivity index (χ2v) is 9.73. The highest BCUT2D eigenvalue weighted by Gasteiger charge is 2.26. The summed E-state index contributed by atoms with van der Waals surface area (Å²) in [6.45, 7) is 9.25. The Balaban J connectivity index is 1.49. The number of carbonyl (C=O) groups is 2. The first-order valence-corrected chi connectivity index (χ1v) is 12.3. The second kappa shape index (κ2) is 11.0. The van der Waals surface area contributed by atoms with Gasteiger partial charge in [0.2, 0.25) is 5.91 Å². The number of hydrogen-bond acceptors (Lipinski definition) is 4. The van der Waals surface area contributed by atoms with E-state index in [9.17, 15) is 14.0 Å². The zero-order chi connectivity index (χ0) is 24.1. The summed E-state index contributed by atoms with van der Waals surface area (Å²) in [6.07, 6.45) is 2.50. The lowest BCUT2D eigenvalue weighted by atomic mass is 10.1. The van der Waals surface area contributed by atoms with E-state index in [4.69, 9.17) is 0 Å². The first kappa shape index (κ1) is 24.2. The van der Waals surface area contributed by atoms with Gasteiger partial charge in [0.1, 0.15) is 5.82 Å². The van der Waals surface area contributed by atoms with Crippen molar-refractivity contribution in [3.05, 3.63) is 59.4 Å². The number of anilines is 2. The summed E-state index contributed by atoms with van der Waals surface area (Å²) >= 11 is 0. The summed E-state index contributed by atoms with van der Waals surface area (Å²) in [5.41, 5.74) is 2.92. The van der Waals surface area contributed by atoms with Crippen LogP contribution in [0.15, 0.2) is 42.5 Å². The molecule has 2 aromatic rings. The van der Waals surface area contributed by atoms with Gasteiger partial charge in [-0.1, -0.05) is 32.0 Å². The summed E-state index contributed by atoms with van der Waals surface area (Å²) in [4.78, 5) is 32.1. The lowest BCUT2D eigenvalue weighted by Crippen LogP contribution is -2.46. The van der Waals surface area contributed by atoms with Crippen LogP contribution in [0.2, 0.25) is 0 Å². The van der Waals surface area contributed by atoms with Gasteiger partial charge in [0.05, 0.1) is 5.56 Å². The molecule has 0 aromatic heterocycles. The van der Waals surface area contributed by atoms with Crippen LogP contribution in [0.5, 0.6) is 0 Å². The number of piperazine rings is 1. The minimum atomic E-state index is -0.168. The van der Waals surface area contributed by atoms with E-state index in [-0.39, 0.29) is 23.5 Å². The molecule has 0 aliphatic carbocycles. The van der Waals surface area contributed by atoms with Crippen LogP contribution in [0, 0.1) is 11.7 Å². The number of hydrogen-bond donors (Lipinski definition) is 1. The van der Waals surface area contributed by atoms with Gasteiger partial charge in [-0.05, 0) is 43.0 Å². The quantitative estimate of drug-likeness (QED) is 0.659. The van der Waals surface area contributed by atoms with Gasteiger partial charge < -0.3 is 15.1 Å². The van der Waals surface area contributed by atoms with Gasteiger partial charge in [-0.15, -0.1) is 0 Å². The highest BCUT2D eigenvalue weighted by molar-refractivity contribution is 6.02. The normalized spacial score (nSPS) is 16.8. The van der Waals surface area contributed by atoms with E-state index < -0.39 is 0 Å². The lowest BCUT2D eigenvalue weighted by molar-refractivity contribution is -0.116. The molecule has 2 aliphatic rings. The van der Waals surface area contributed by atoms with E-state index in [1.165, 1.54) is 6.07 Å². The van der Waals surface area contributed by atoms with E-state index >= 15 is 0 Å². The SMILES string of the molecule is CC(C)CC(=O)Nc1ccc(N2CCN(Cc3ccccc3F)CC2)c(C(=O)N2CCCC2)c1. The third kappa shape index (κ3) is 5.95. The molecule has 2 aliphatic heterocycles. The molecule has 0 atom stereocenters. The van der Waals surface area contributed by atoms with Crippen LogP contribution < -0.4 is 10.2 Å². The molecule has 7 heteroatoms. The molecule has 2 amide bonds. The van der Waals surface area contributed by atoms with Crippen LogP contribution in [-0.2, 0) is 11.3 Å². The minimum absolute atomic E-state index is 0.0289. The smallest absolute Gasteiger partial charge is 0.256 e. The number of rotatable bonds is 7. The molecule has 34 heavy (non-hydrogen) atoms. The molecular formula is C27H35FN4O2. The van der Waals surface area contributed by atoms with E-state index in [0.29, 0.717) is 29.8 Å². The zero-order valence-corrected chi connectivity index (χ0v) is 20.2. The molecule has 0 spiro atoms. The predicted molar refractivity (Wildman–Crippen MR) is 134 cm³/mol. The van der Waals surface area contributed by atoms with E-state index in [2.05, 4.69) is 15.1 Å². The Bertz CT molecular complexity index is 1010. The van der Waals surface area contributed by atoms with Gasteiger partial charge in [-0.2, -0.15) is 0 Å². The highest BCUT2D eigenvalue weighted by Crippen LogP contribution is 2.28. The molecule has 1 N–H and O–H groups in total. The Morgan fingerprint density at radius 1 is 0.971 bits per heavy atom. The lowest BCUT2D eigenvalue weighted by Gasteiger charge is -2.37. The van der Waals surface area contributed by atoms with Crippen LogP contribution in [0.3, 0.4) is 0 Å². The fourth-order valence-electron chi connectivity index (χ4n) is 4.75. The number of benzene rings is 2. The van der Waals surface area contributed by atoms with Gasteiger partial charge in [0, 0.05) is 69.2 Å². The molecule has 0 radical (unpaired) electrons. The molecule has 0 unspecified atom stereocenters. The number of likely N-dealkylation sites (tertiary alicyclic amines) is 1. The Morgan fingerprint density at radius 3 is 2.35 bits per heavy atom. The fourth-order valence-corrected chi connectivity index (χ4v) is 4.75. The van der Waals surface area contributed by atoms with Crippen LogP contribution in [-0.4, -0.2) is 60.9 Å². The van der Waals surface area contributed by atoms with Crippen molar-refractivity contribution < 1.29 is 14.0 Å². The van der Waals surface area contributed by atoms with Crippen LogP contribution in [0.1, 0.15) is 49.0 Å². The summed E-state index contributed by atoms with van der Waals surface area (Å²) < 4.78 is 14.1. The number of amides is 2. The predicted octanol–water partition coefficient (Wildman–Crippen LogP) is 4.37. The molecule has 2 heterocycles. The third-order valence-electron chi connectivity index (χ3n) is 6.56. The fraction of sp³-hybridized carbons (Fsp3) is 0.481. The highest BCUT2D eigenvalue weighted by atomic mass is 19.1. The summed E-state index contributed by atoms with van der Waals surface area (Å²) in [7, 11) is 0. The average molecular weight is 467 g/mol. The van der Waals surface area contributed by atoms with Gasteiger partial charge in [-0.25, -0.2) is 4.39 Å². The van der Waals surface area contributed by atoms with Crippen LogP contribution >= 0.6 is 0 Å². The first-order valence-electron chi connectivity index (χ1n) is 12.3. The van der Waals surface area contributed by atoms with Crippen molar-refractivity contribution in [3.63, 3.8) is 0 Å². The van der Waals surface area contributed by atoms with Crippen molar-refractivity contribution in [1.29, 1.82) is 0 Å². The second-order valence-electron chi connectivity index (χ2n) is 9.73. The number of halogens is 1. The maximum Gasteiger partial charge on any atom is 0.256 e. The van der Waals surface area contributed by atoms with Crippen molar-refractivity contribution in [2.24, 2.45) is 5.92 Å². The van der Waals surface area contributed by atoms with E-state index in [1.54, 1.807) is 6.07 Å². The minimum Gasteiger partial charge on any atom is -0.368 e. The molecule has 182 valence electrons. The van der Waals surface area contributed by atoms with Crippen molar-refractivity contribution >= 4 is 23.2 Å². The molecule has 4 rings (SSSR count). The molecule has 0 bridgehead atoms. The van der Waals surface area contributed by atoms with Gasteiger partial charge >= 0.3 is 0 Å². The summed E-state index contributed by atoms with van der Waals surface area (Å²) in [5, 5.41) is 2.96. The monoisotopic (exact) mass is 466 g/mol. The van der Waals surface area contributed by atoms with Crippen LogP contribution in [0.4, 0.5) is 15.8 Å². The summed E-state index contributed by atoms with van der Waals surface area (Å²) in [6, 6.07) is 12.6. The largest absolute Gasteiger partial charge is 0.368 e. The molecule has 0 saturated carbocycles. The molecule has 2 saturated heterocycles. The Morgan fingerprint density at radius 2 is 1.68 bits per heavy atom. The number of carbonyl (C=O) groups excluding carboxylic acids is 2. The van der Waals surface area contributed by atoms with Gasteiger partial charge in [0.25, 0.3) is 5.91 Å². The Kier molecular flexibility index (Phi) is 7.83. The van der Waals surface area contributed by atoms with Crippen molar-refractivity contribution in [2.45, 2.75) is 39.7 Å². The molecule has 2 fully saturated rings. The maximum absolute atomic E-state index is 14.1. The Labute approximate surface area is 201 Å². The first-order chi connectivity index (χ1) is 16.4. The maximum atomic E-state index is 14.1. The van der Waals surface area contributed by atoms with E-state index in [0.717, 1.165) is 57.8 Å². The van der Waals surface area contributed by atoms with Crippen LogP contribution in [0.25, 0.3) is 0 Å². The van der Waals surface area contributed by atoms with Crippen molar-refractivity contribution in [1.82, 2.24) is 9.80 Å². The van der Waals surface area contributed by atoms with E-state index in [1.807, 2.05) is 49.1 Å². The number of nitrogens with one attached hydrogen (secondary N) is 1. The zero-order valence-electron chi connectivity index (χ0n) is 20.2. The van der Waals surface area contributed by atoms with Crippen molar-refractivity contribution in [2.75, 3.05) is 49.5 Å². The van der Waals surface area contributed by atoms with Gasteiger partial charge in [0.15, 0.2) is 0 Å². The Hall–Kier alpha value is -2.93. The topological polar surface area (TPSA) is 55.9 Å². The number of nitrogens with zero attached hydrogens (tertiary/aromatic N) is 3.